The monoisotopic (exact) mass is 259 g/mol. The molecule has 1 aromatic rings. The molecule has 0 aliphatic carbocycles. The normalized spacial score (nSPS) is 10.8. The number of rotatable bonds is 5. The Kier molecular flexibility index (Phi) is 5.19. The summed E-state index contributed by atoms with van der Waals surface area (Å²) < 4.78 is 39.3. The van der Waals surface area contributed by atoms with Gasteiger partial charge in [-0.25, -0.2) is 13.2 Å². The molecule has 100 valence electrons. The van der Waals surface area contributed by atoms with Gasteiger partial charge < -0.3 is 5.32 Å². The summed E-state index contributed by atoms with van der Waals surface area (Å²) in [6.07, 6.45) is 1.33. The van der Waals surface area contributed by atoms with E-state index in [1.54, 1.807) is 0 Å². The van der Waals surface area contributed by atoms with Gasteiger partial charge in [-0.2, -0.15) is 0 Å². The van der Waals surface area contributed by atoms with Crippen LogP contribution >= 0.6 is 0 Å². The quantitative estimate of drug-likeness (QED) is 0.864. The number of hydrogen-bond acceptors (Lipinski definition) is 1. The van der Waals surface area contributed by atoms with E-state index in [-0.39, 0.29) is 23.9 Å². The SMILES string of the molecule is CCC(CC)C(=O)NCc1c(F)cc(F)cc1F. The Hall–Kier alpha value is -1.52. The zero-order chi connectivity index (χ0) is 13.7. The predicted molar refractivity (Wildman–Crippen MR) is 62.2 cm³/mol. The van der Waals surface area contributed by atoms with Gasteiger partial charge in [0.2, 0.25) is 5.91 Å². The standard InChI is InChI=1S/C13H16F3NO/c1-3-8(4-2)13(18)17-7-10-11(15)5-9(14)6-12(10)16/h5-6,8H,3-4,7H2,1-2H3,(H,17,18). The van der Waals surface area contributed by atoms with Gasteiger partial charge in [0.25, 0.3) is 0 Å². The molecule has 0 bridgehead atoms. The Balaban J connectivity index is 2.72. The lowest BCUT2D eigenvalue weighted by Gasteiger charge is -2.13. The van der Waals surface area contributed by atoms with Crippen LogP contribution in [0.2, 0.25) is 0 Å². The van der Waals surface area contributed by atoms with Gasteiger partial charge in [0.05, 0.1) is 0 Å². The van der Waals surface area contributed by atoms with Crippen molar-refractivity contribution in [3.8, 4) is 0 Å². The molecule has 0 saturated carbocycles. The van der Waals surface area contributed by atoms with Gasteiger partial charge in [0.15, 0.2) is 0 Å². The molecular weight excluding hydrogens is 243 g/mol. The van der Waals surface area contributed by atoms with Crippen molar-refractivity contribution in [1.29, 1.82) is 0 Å². The number of carbonyl (C=O) groups is 1. The van der Waals surface area contributed by atoms with Crippen molar-refractivity contribution in [2.45, 2.75) is 33.2 Å². The summed E-state index contributed by atoms with van der Waals surface area (Å²) >= 11 is 0. The van der Waals surface area contributed by atoms with Crippen LogP contribution in [0, 0.1) is 23.4 Å². The van der Waals surface area contributed by atoms with Crippen LogP contribution in [0.15, 0.2) is 12.1 Å². The lowest BCUT2D eigenvalue weighted by molar-refractivity contribution is -0.125. The van der Waals surface area contributed by atoms with Crippen LogP contribution in [0.1, 0.15) is 32.3 Å². The van der Waals surface area contributed by atoms with Crippen molar-refractivity contribution < 1.29 is 18.0 Å². The fraction of sp³-hybridized carbons (Fsp3) is 0.462. The Bertz CT molecular complexity index is 407. The lowest BCUT2D eigenvalue weighted by atomic mass is 10.0. The summed E-state index contributed by atoms with van der Waals surface area (Å²) in [6, 6.07) is 1.20. The van der Waals surface area contributed by atoms with E-state index in [0.29, 0.717) is 25.0 Å². The van der Waals surface area contributed by atoms with E-state index in [1.165, 1.54) is 0 Å². The predicted octanol–water partition coefficient (Wildman–Crippen LogP) is 3.16. The average molecular weight is 259 g/mol. The molecule has 1 N–H and O–H groups in total. The van der Waals surface area contributed by atoms with E-state index in [9.17, 15) is 18.0 Å². The molecule has 1 rings (SSSR count). The van der Waals surface area contributed by atoms with Crippen LogP contribution in [0.4, 0.5) is 13.2 Å². The Morgan fingerprint density at radius 2 is 1.67 bits per heavy atom. The number of amides is 1. The molecule has 18 heavy (non-hydrogen) atoms. The number of benzene rings is 1. The number of hydrogen-bond donors (Lipinski definition) is 1. The highest BCUT2D eigenvalue weighted by molar-refractivity contribution is 5.78. The number of carbonyl (C=O) groups excluding carboxylic acids is 1. The molecule has 1 aromatic carbocycles. The fourth-order valence-electron chi connectivity index (χ4n) is 1.72. The fourth-order valence-corrected chi connectivity index (χ4v) is 1.72. The summed E-state index contributed by atoms with van der Waals surface area (Å²) in [7, 11) is 0. The highest BCUT2D eigenvalue weighted by Crippen LogP contribution is 2.15. The van der Waals surface area contributed by atoms with Crippen molar-refractivity contribution in [3.05, 3.63) is 35.1 Å². The minimum atomic E-state index is -0.989. The molecule has 0 unspecified atom stereocenters. The van der Waals surface area contributed by atoms with Crippen molar-refractivity contribution in [2.75, 3.05) is 0 Å². The third-order valence-electron chi connectivity index (χ3n) is 2.90. The summed E-state index contributed by atoms with van der Waals surface area (Å²) in [4.78, 5) is 11.6. The van der Waals surface area contributed by atoms with Gasteiger partial charge in [-0.05, 0) is 12.8 Å². The minimum Gasteiger partial charge on any atom is -0.352 e. The van der Waals surface area contributed by atoms with E-state index in [2.05, 4.69) is 5.32 Å². The lowest BCUT2D eigenvalue weighted by Crippen LogP contribution is -2.30. The van der Waals surface area contributed by atoms with Crippen molar-refractivity contribution in [3.63, 3.8) is 0 Å². The molecule has 0 aliphatic heterocycles. The first-order chi connectivity index (χ1) is 8.49. The molecule has 0 aromatic heterocycles. The van der Waals surface area contributed by atoms with Crippen molar-refractivity contribution in [1.82, 2.24) is 5.32 Å². The summed E-state index contributed by atoms with van der Waals surface area (Å²) in [6.45, 7) is 3.47. The van der Waals surface area contributed by atoms with Gasteiger partial charge in [0.1, 0.15) is 17.5 Å². The van der Waals surface area contributed by atoms with E-state index >= 15 is 0 Å². The zero-order valence-corrected chi connectivity index (χ0v) is 10.4. The molecule has 0 aliphatic rings. The second kappa shape index (κ2) is 6.42. The van der Waals surface area contributed by atoms with Gasteiger partial charge >= 0.3 is 0 Å². The van der Waals surface area contributed by atoms with Crippen LogP contribution in [0.5, 0.6) is 0 Å². The first kappa shape index (κ1) is 14.5. The second-order valence-electron chi connectivity index (χ2n) is 4.08. The summed E-state index contributed by atoms with van der Waals surface area (Å²) in [5.74, 6) is -3.37. The first-order valence-corrected chi connectivity index (χ1v) is 5.90. The maximum absolute atomic E-state index is 13.3. The molecule has 0 fully saturated rings. The van der Waals surface area contributed by atoms with E-state index in [0.717, 1.165) is 0 Å². The first-order valence-electron chi connectivity index (χ1n) is 5.90. The molecule has 0 radical (unpaired) electrons. The Labute approximate surface area is 104 Å². The van der Waals surface area contributed by atoms with Gasteiger partial charge in [-0.1, -0.05) is 13.8 Å². The Morgan fingerprint density at radius 1 is 1.17 bits per heavy atom. The molecular formula is C13H16F3NO. The van der Waals surface area contributed by atoms with Crippen molar-refractivity contribution in [2.24, 2.45) is 5.92 Å². The molecule has 0 spiro atoms. The molecule has 2 nitrogen and oxygen atoms in total. The van der Waals surface area contributed by atoms with Gasteiger partial charge in [-0.3, -0.25) is 4.79 Å². The highest BCUT2D eigenvalue weighted by Gasteiger charge is 2.16. The largest absolute Gasteiger partial charge is 0.352 e. The van der Waals surface area contributed by atoms with Gasteiger partial charge in [0, 0.05) is 30.2 Å². The van der Waals surface area contributed by atoms with Gasteiger partial charge in [-0.15, -0.1) is 0 Å². The summed E-state index contributed by atoms with van der Waals surface area (Å²) in [5, 5.41) is 2.46. The van der Waals surface area contributed by atoms with E-state index in [1.807, 2.05) is 13.8 Å². The topological polar surface area (TPSA) is 29.1 Å². The summed E-state index contributed by atoms with van der Waals surface area (Å²) in [5.41, 5.74) is -0.323. The van der Waals surface area contributed by atoms with Crippen LogP contribution < -0.4 is 5.32 Å². The molecule has 0 heterocycles. The third kappa shape index (κ3) is 3.48. The highest BCUT2D eigenvalue weighted by atomic mass is 19.1. The number of nitrogens with one attached hydrogen (secondary N) is 1. The Morgan fingerprint density at radius 3 is 2.11 bits per heavy atom. The van der Waals surface area contributed by atoms with Crippen molar-refractivity contribution >= 4 is 5.91 Å². The van der Waals surface area contributed by atoms with Crippen LogP contribution in [-0.2, 0) is 11.3 Å². The number of halogens is 3. The van der Waals surface area contributed by atoms with Crippen LogP contribution in [0.25, 0.3) is 0 Å². The smallest absolute Gasteiger partial charge is 0.223 e. The molecule has 5 heteroatoms. The van der Waals surface area contributed by atoms with E-state index < -0.39 is 17.5 Å². The maximum atomic E-state index is 13.3. The van der Waals surface area contributed by atoms with Crippen LogP contribution in [-0.4, -0.2) is 5.91 Å². The third-order valence-corrected chi connectivity index (χ3v) is 2.90. The molecule has 1 amide bonds. The van der Waals surface area contributed by atoms with Crippen LogP contribution in [0.3, 0.4) is 0 Å². The second-order valence-corrected chi connectivity index (χ2v) is 4.08. The average Bonchev–Trinajstić information content (AvgIpc) is 2.29. The minimum absolute atomic E-state index is 0.170. The molecule has 0 atom stereocenters. The van der Waals surface area contributed by atoms with E-state index in [4.69, 9.17) is 0 Å². The zero-order valence-electron chi connectivity index (χ0n) is 10.4. The molecule has 0 saturated heterocycles. The maximum Gasteiger partial charge on any atom is 0.223 e.